The van der Waals surface area contributed by atoms with Crippen molar-refractivity contribution in [1.29, 1.82) is 0 Å². The van der Waals surface area contributed by atoms with Gasteiger partial charge in [-0.25, -0.2) is 4.98 Å². The molecule has 5 rings (SSSR count). The maximum atomic E-state index is 6.21. The van der Waals surface area contributed by atoms with E-state index in [0.717, 1.165) is 68.4 Å². The average molecular weight is 401 g/mol. The van der Waals surface area contributed by atoms with Crippen molar-refractivity contribution in [2.24, 2.45) is 0 Å². The van der Waals surface area contributed by atoms with E-state index >= 15 is 0 Å². The first-order chi connectivity index (χ1) is 13.3. The molecule has 5 nitrogen and oxygen atoms in total. The Balaban J connectivity index is 1.41. The first-order valence-electron chi connectivity index (χ1n) is 9.34. The molecular weight excluding hydrogens is 380 g/mol. The normalized spacial score (nSPS) is 18.0. The molecule has 0 unspecified atom stereocenters. The highest BCUT2D eigenvalue weighted by Crippen LogP contribution is 2.34. The van der Waals surface area contributed by atoms with Crippen molar-refractivity contribution in [3.63, 3.8) is 0 Å². The minimum Gasteiger partial charge on any atom is -0.378 e. The molecule has 3 aromatic rings. The van der Waals surface area contributed by atoms with Crippen LogP contribution < -0.4 is 4.90 Å². The van der Waals surface area contributed by atoms with E-state index in [4.69, 9.17) is 16.3 Å². The van der Waals surface area contributed by atoms with E-state index in [1.807, 2.05) is 0 Å². The molecule has 0 N–H and O–H groups in total. The van der Waals surface area contributed by atoms with Crippen molar-refractivity contribution >= 4 is 39.0 Å². The number of hydrogen-bond donors (Lipinski definition) is 0. The Morgan fingerprint density at radius 2 is 1.89 bits per heavy atom. The summed E-state index contributed by atoms with van der Waals surface area (Å²) in [5.74, 6) is 0.952. The van der Waals surface area contributed by atoms with E-state index in [9.17, 15) is 0 Å². The molecule has 1 saturated heterocycles. The van der Waals surface area contributed by atoms with Crippen molar-refractivity contribution in [3.8, 4) is 0 Å². The van der Waals surface area contributed by atoms with Crippen LogP contribution in [0.1, 0.15) is 16.0 Å². The summed E-state index contributed by atoms with van der Waals surface area (Å²) in [6.45, 7) is 6.19. The summed E-state index contributed by atoms with van der Waals surface area (Å²) >= 11 is 8.01. The van der Waals surface area contributed by atoms with Crippen LogP contribution in [0.25, 0.3) is 10.2 Å². The SMILES string of the molecule is Clc1nc(N2CCOCC2)c2sc(CN3CCc4ccccc4C3)cc2n1. The van der Waals surface area contributed by atoms with Crippen molar-refractivity contribution in [2.45, 2.75) is 19.5 Å². The molecule has 2 aliphatic rings. The number of anilines is 1. The van der Waals surface area contributed by atoms with Gasteiger partial charge < -0.3 is 9.64 Å². The van der Waals surface area contributed by atoms with E-state index < -0.39 is 0 Å². The number of thiophene rings is 1. The number of rotatable bonds is 3. The Kier molecular flexibility index (Phi) is 4.73. The molecule has 1 fully saturated rings. The fourth-order valence-electron chi connectivity index (χ4n) is 3.91. The number of hydrogen-bond acceptors (Lipinski definition) is 6. The summed E-state index contributed by atoms with van der Waals surface area (Å²) in [6.07, 6.45) is 1.12. The van der Waals surface area contributed by atoms with Crippen molar-refractivity contribution < 1.29 is 4.74 Å². The number of aromatic nitrogens is 2. The van der Waals surface area contributed by atoms with Gasteiger partial charge in [-0.1, -0.05) is 24.3 Å². The van der Waals surface area contributed by atoms with Crippen LogP contribution >= 0.6 is 22.9 Å². The lowest BCUT2D eigenvalue weighted by atomic mass is 10.00. The Labute approximate surface area is 167 Å². The zero-order chi connectivity index (χ0) is 18.2. The third-order valence-corrected chi connectivity index (χ3v) is 6.55. The maximum Gasteiger partial charge on any atom is 0.224 e. The Morgan fingerprint density at radius 1 is 1.07 bits per heavy atom. The van der Waals surface area contributed by atoms with Crippen LogP contribution in [0, 0.1) is 0 Å². The topological polar surface area (TPSA) is 41.5 Å². The predicted octanol–water partition coefficient (Wildman–Crippen LogP) is 3.74. The van der Waals surface area contributed by atoms with E-state index in [1.54, 1.807) is 11.3 Å². The van der Waals surface area contributed by atoms with Gasteiger partial charge in [-0.2, -0.15) is 4.98 Å². The van der Waals surface area contributed by atoms with Gasteiger partial charge in [0.05, 0.1) is 23.4 Å². The van der Waals surface area contributed by atoms with Gasteiger partial charge in [-0.3, -0.25) is 4.90 Å². The van der Waals surface area contributed by atoms with Gasteiger partial charge in [0, 0.05) is 37.6 Å². The lowest BCUT2D eigenvalue weighted by Crippen LogP contribution is -2.36. The van der Waals surface area contributed by atoms with Gasteiger partial charge in [-0.05, 0) is 35.2 Å². The molecule has 0 radical (unpaired) electrons. The molecule has 0 saturated carbocycles. The van der Waals surface area contributed by atoms with Gasteiger partial charge in [0.15, 0.2) is 5.82 Å². The molecule has 1 aromatic carbocycles. The van der Waals surface area contributed by atoms with Crippen molar-refractivity contribution in [3.05, 3.63) is 51.6 Å². The zero-order valence-electron chi connectivity index (χ0n) is 15.0. The summed E-state index contributed by atoms with van der Waals surface area (Å²) in [7, 11) is 0. The molecule has 0 amide bonds. The molecular formula is C20H21ClN4OS. The lowest BCUT2D eigenvalue weighted by molar-refractivity contribution is 0.122. The first kappa shape index (κ1) is 17.4. The molecule has 2 aromatic heterocycles. The second-order valence-corrected chi connectivity index (χ2v) is 8.55. The van der Waals surface area contributed by atoms with Crippen LogP contribution in [0.3, 0.4) is 0 Å². The summed E-state index contributed by atoms with van der Waals surface area (Å²) in [4.78, 5) is 15.1. The summed E-state index contributed by atoms with van der Waals surface area (Å²) in [5, 5.41) is 0.320. The largest absolute Gasteiger partial charge is 0.378 e. The molecule has 0 aliphatic carbocycles. The number of fused-ring (bicyclic) bond motifs is 2. The van der Waals surface area contributed by atoms with Gasteiger partial charge in [0.2, 0.25) is 5.28 Å². The van der Waals surface area contributed by atoms with Crippen LogP contribution in [0.4, 0.5) is 5.82 Å². The van der Waals surface area contributed by atoms with E-state index in [1.165, 1.54) is 16.0 Å². The smallest absolute Gasteiger partial charge is 0.224 e. The van der Waals surface area contributed by atoms with E-state index in [-0.39, 0.29) is 0 Å². The molecule has 140 valence electrons. The number of nitrogens with zero attached hydrogens (tertiary/aromatic N) is 4. The molecule has 0 atom stereocenters. The van der Waals surface area contributed by atoms with Crippen LogP contribution in [0.5, 0.6) is 0 Å². The maximum absolute atomic E-state index is 6.21. The Morgan fingerprint density at radius 3 is 2.74 bits per heavy atom. The molecule has 2 aliphatic heterocycles. The van der Waals surface area contributed by atoms with Gasteiger partial charge >= 0.3 is 0 Å². The number of halogens is 1. The fraction of sp³-hybridized carbons (Fsp3) is 0.400. The molecule has 7 heteroatoms. The van der Waals surface area contributed by atoms with Gasteiger partial charge in [0.1, 0.15) is 0 Å². The quantitative estimate of drug-likeness (QED) is 0.626. The van der Waals surface area contributed by atoms with Gasteiger partial charge in [-0.15, -0.1) is 11.3 Å². The summed E-state index contributed by atoms with van der Waals surface area (Å²) in [5.41, 5.74) is 3.88. The highest BCUT2D eigenvalue weighted by atomic mass is 35.5. The second kappa shape index (κ2) is 7.36. The van der Waals surface area contributed by atoms with E-state index in [0.29, 0.717) is 5.28 Å². The standard InChI is InChI=1S/C20H21ClN4OS/c21-20-22-17-11-16(13-24-6-5-14-3-1-2-4-15(14)12-24)27-18(17)19(23-20)25-7-9-26-10-8-25/h1-4,11H,5-10,12-13H2. The highest BCUT2D eigenvalue weighted by molar-refractivity contribution is 7.19. The fourth-order valence-corrected chi connectivity index (χ4v) is 5.24. The monoisotopic (exact) mass is 400 g/mol. The van der Waals surface area contributed by atoms with E-state index in [2.05, 4.69) is 50.1 Å². The molecule has 27 heavy (non-hydrogen) atoms. The number of benzene rings is 1. The molecule has 4 heterocycles. The molecule has 0 spiro atoms. The minimum absolute atomic E-state index is 0.320. The predicted molar refractivity (Wildman–Crippen MR) is 110 cm³/mol. The average Bonchev–Trinajstić information content (AvgIpc) is 3.10. The Hall–Kier alpha value is -1.73. The van der Waals surface area contributed by atoms with Crippen LogP contribution in [0.15, 0.2) is 30.3 Å². The Bertz CT molecular complexity index is 970. The van der Waals surface area contributed by atoms with Crippen LogP contribution in [0.2, 0.25) is 5.28 Å². The summed E-state index contributed by atoms with van der Waals surface area (Å²) < 4.78 is 6.61. The third kappa shape index (κ3) is 3.55. The number of ether oxygens (including phenoxy) is 1. The lowest BCUT2D eigenvalue weighted by Gasteiger charge is -2.28. The van der Waals surface area contributed by atoms with Crippen molar-refractivity contribution in [2.75, 3.05) is 37.7 Å². The van der Waals surface area contributed by atoms with Crippen molar-refractivity contribution in [1.82, 2.24) is 14.9 Å². The third-order valence-electron chi connectivity index (χ3n) is 5.28. The second-order valence-electron chi connectivity index (χ2n) is 7.07. The minimum atomic E-state index is 0.320. The first-order valence-corrected chi connectivity index (χ1v) is 10.5. The molecule has 0 bridgehead atoms. The summed E-state index contributed by atoms with van der Waals surface area (Å²) in [6, 6.07) is 10.9. The van der Waals surface area contributed by atoms with Crippen LogP contribution in [-0.2, 0) is 24.2 Å². The van der Waals surface area contributed by atoms with Crippen LogP contribution in [-0.4, -0.2) is 47.7 Å². The highest BCUT2D eigenvalue weighted by Gasteiger charge is 2.21. The number of morpholine rings is 1. The zero-order valence-corrected chi connectivity index (χ0v) is 16.6. The van der Waals surface area contributed by atoms with Gasteiger partial charge in [0.25, 0.3) is 0 Å².